The van der Waals surface area contributed by atoms with Gasteiger partial charge < -0.3 is 10.0 Å². The number of hydrogen-bond donors (Lipinski definition) is 1. The molecule has 5 nitrogen and oxygen atoms in total. The van der Waals surface area contributed by atoms with Crippen LogP contribution in [0.2, 0.25) is 0 Å². The molecule has 0 saturated carbocycles. The predicted octanol–water partition coefficient (Wildman–Crippen LogP) is 3.73. The summed E-state index contributed by atoms with van der Waals surface area (Å²) in [6, 6.07) is 8.43. The SMILES string of the molecule is CC(C)CC(=O)C1=C(O)C(=O)N(Cc2cccnc2)C1c1ccc(F)cc1. The van der Waals surface area contributed by atoms with E-state index in [2.05, 4.69) is 4.98 Å². The highest BCUT2D eigenvalue weighted by molar-refractivity contribution is 6.08. The molecule has 6 heteroatoms. The van der Waals surface area contributed by atoms with E-state index in [0.717, 1.165) is 5.56 Å². The summed E-state index contributed by atoms with van der Waals surface area (Å²) in [7, 11) is 0. The number of benzene rings is 1. The Bertz CT molecular complexity index is 876. The molecule has 1 aliphatic rings. The number of carbonyl (C=O) groups is 2. The van der Waals surface area contributed by atoms with Crippen molar-refractivity contribution in [2.24, 2.45) is 5.92 Å². The first kappa shape index (κ1) is 18.8. The van der Waals surface area contributed by atoms with Gasteiger partial charge in [0.1, 0.15) is 5.82 Å². The smallest absolute Gasteiger partial charge is 0.290 e. The molecule has 1 N–H and O–H groups in total. The Balaban J connectivity index is 2.03. The van der Waals surface area contributed by atoms with Crippen LogP contribution in [0.15, 0.2) is 60.1 Å². The largest absolute Gasteiger partial charge is 0.503 e. The highest BCUT2D eigenvalue weighted by atomic mass is 19.1. The van der Waals surface area contributed by atoms with Crippen molar-refractivity contribution < 1.29 is 19.1 Å². The minimum atomic E-state index is -0.760. The highest BCUT2D eigenvalue weighted by Crippen LogP contribution is 2.39. The van der Waals surface area contributed by atoms with Crippen molar-refractivity contribution in [2.75, 3.05) is 0 Å². The van der Waals surface area contributed by atoms with Gasteiger partial charge in [-0.25, -0.2) is 4.39 Å². The average Bonchev–Trinajstić information content (AvgIpc) is 2.88. The van der Waals surface area contributed by atoms with E-state index in [0.29, 0.717) is 5.56 Å². The van der Waals surface area contributed by atoms with Gasteiger partial charge in [-0.3, -0.25) is 14.6 Å². The van der Waals surface area contributed by atoms with Gasteiger partial charge in [-0.2, -0.15) is 0 Å². The van der Waals surface area contributed by atoms with Gasteiger partial charge in [-0.15, -0.1) is 0 Å². The molecule has 0 bridgehead atoms. The topological polar surface area (TPSA) is 70.5 Å². The summed E-state index contributed by atoms with van der Waals surface area (Å²) in [6.45, 7) is 3.97. The summed E-state index contributed by atoms with van der Waals surface area (Å²) in [4.78, 5) is 31.0. The number of pyridine rings is 1. The number of Topliss-reactive ketones (excluding diaryl/α,β-unsaturated/α-hetero) is 1. The normalized spacial score (nSPS) is 17.1. The van der Waals surface area contributed by atoms with E-state index in [1.54, 1.807) is 18.5 Å². The molecule has 140 valence electrons. The Morgan fingerprint density at radius 1 is 1.26 bits per heavy atom. The molecule has 2 aromatic rings. The van der Waals surface area contributed by atoms with Gasteiger partial charge in [0.05, 0.1) is 11.6 Å². The second-order valence-corrected chi connectivity index (χ2v) is 7.03. The van der Waals surface area contributed by atoms with Crippen molar-refractivity contribution in [3.63, 3.8) is 0 Å². The van der Waals surface area contributed by atoms with E-state index in [1.165, 1.54) is 29.2 Å². The zero-order valence-corrected chi connectivity index (χ0v) is 15.2. The van der Waals surface area contributed by atoms with E-state index >= 15 is 0 Å². The van der Waals surface area contributed by atoms with Crippen molar-refractivity contribution in [3.05, 3.63) is 77.1 Å². The number of hydrogen-bond acceptors (Lipinski definition) is 4. The Morgan fingerprint density at radius 2 is 1.96 bits per heavy atom. The molecule has 27 heavy (non-hydrogen) atoms. The van der Waals surface area contributed by atoms with Crippen LogP contribution in [0.1, 0.15) is 37.4 Å². The summed E-state index contributed by atoms with van der Waals surface area (Å²) in [6.07, 6.45) is 3.46. The van der Waals surface area contributed by atoms with Crippen molar-refractivity contribution in [3.8, 4) is 0 Å². The summed E-state index contributed by atoms with van der Waals surface area (Å²) in [5.74, 6) is -1.75. The fourth-order valence-corrected chi connectivity index (χ4v) is 3.26. The third kappa shape index (κ3) is 3.89. The zero-order chi connectivity index (χ0) is 19.6. The summed E-state index contributed by atoms with van der Waals surface area (Å²) >= 11 is 0. The molecule has 1 unspecified atom stereocenters. The lowest BCUT2D eigenvalue weighted by Crippen LogP contribution is -2.30. The van der Waals surface area contributed by atoms with Crippen LogP contribution in [0.3, 0.4) is 0 Å². The molecule has 1 aromatic carbocycles. The second kappa shape index (κ2) is 7.70. The summed E-state index contributed by atoms with van der Waals surface area (Å²) < 4.78 is 13.4. The third-order valence-corrected chi connectivity index (χ3v) is 4.46. The average molecular weight is 368 g/mol. The second-order valence-electron chi connectivity index (χ2n) is 7.03. The molecule has 0 aliphatic carbocycles. The molecular weight excluding hydrogens is 347 g/mol. The van der Waals surface area contributed by atoms with Gasteiger partial charge in [0.15, 0.2) is 11.5 Å². The lowest BCUT2D eigenvalue weighted by molar-refractivity contribution is -0.130. The standard InChI is InChI=1S/C21H21FN2O3/c1-13(2)10-17(25)18-19(15-5-7-16(22)8-6-15)24(21(27)20(18)26)12-14-4-3-9-23-11-14/h3-9,11,13,19,26H,10,12H2,1-2H3. The van der Waals surface area contributed by atoms with Crippen LogP contribution < -0.4 is 0 Å². The molecule has 0 spiro atoms. The van der Waals surface area contributed by atoms with Crippen LogP contribution in [0, 0.1) is 11.7 Å². The number of rotatable bonds is 6. The number of ketones is 1. The molecule has 3 rings (SSSR count). The fraction of sp³-hybridized carbons (Fsp3) is 0.286. The van der Waals surface area contributed by atoms with Crippen LogP contribution in [0.5, 0.6) is 0 Å². The predicted molar refractivity (Wildman–Crippen MR) is 98.0 cm³/mol. The fourth-order valence-electron chi connectivity index (χ4n) is 3.26. The number of aliphatic hydroxyl groups is 1. The Morgan fingerprint density at radius 3 is 2.56 bits per heavy atom. The number of aliphatic hydroxyl groups excluding tert-OH is 1. The van der Waals surface area contributed by atoms with Gasteiger partial charge in [0.25, 0.3) is 5.91 Å². The van der Waals surface area contributed by atoms with E-state index in [4.69, 9.17) is 0 Å². The van der Waals surface area contributed by atoms with Crippen LogP contribution in [0.25, 0.3) is 0 Å². The highest BCUT2D eigenvalue weighted by Gasteiger charge is 2.43. The van der Waals surface area contributed by atoms with Crippen LogP contribution >= 0.6 is 0 Å². The van der Waals surface area contributed by atoms with Crippen molar-refractivity contribution >= 4 is 11.7 Å². The number of aromatic nitrogens is 1. The first-order valence-electron chi connectivity index (χ1n) is 8.80. The molecule has 1 aromatic heterocycles. The van der Waals surface area contributed by atoms with Crippen LogP contribution in [-0.2, 0) is 16.1 Å². The Kier molecular flexibility index (Phi) is 5.35. The maximum absolute atomic E-state index is 13.4. The van der Waals surface area contributed by atoms with E-state index < -0.39 is 23.5 Å². The minimum Gasteiger partial charge on any atom is -0.503 e. The number of nitrogens with zero attached hydrogens (tertiary/aromatic N) is 2. The Labute approximate surface area is 157 Å². The van der Waals surface area contributed by atoms with Crippen molar-refractivity contribution in [2.45, 2.75) is 32.9 Å². The van der Waals surface area contributed by atoms with Gasteiger partial charge in [-0.05, 0) is 35.2 Å². The van der Waals surface area contributed by atoms with Crippen molar-refractivity contribution in [1.29, 1.82) is 0 Å². The first-order chi connectivity index (χ1) is 12.9. The number of carbonyl (C=O) groups excluding carboxylic acids is 2. The zero-order valence-electron chi connectivity index (χ0n) is 15.2. The monoisotopic (exact) mass is 368 g/mol. The van der Waals surface area contributed by atoms with E-state index in [-0.39, 0.29) is 30.2 Å². The van der Waals surface area contributed by atoms with Crippen LogP contribution in [-0.4, -0.2) is 26.7 Å². The molecular formula is C21H21FN2O3. The quantitative estimate of drug-likeness (QED) is 0.843. The lowest BCUT2D eigenvalue weighted by atomic mass is 9.92. The molecule has 1 atom stereocenters. The van der Waals surface area contributed by atoms with E-state index in [1.807, 2.05) is 19.9 Å². The van der Waals surface area contributed by atoms with Gasteiger partial charge in [0, 0.05) is 25.4 Å². The molecule has 1 amide bonds. The summed E-state index contributed by atoms with van der Waals surface area (Å²) in [5.41, 5.74) is 1.41. The molecule has 0 radical (unpaired) electrons. The van der Waals surface area contributed by atoms with E-state index in [9.17, 15) is 19.1 Å². The summed E-state index contributed by atoms with van der Waals surface area (Å²) in [5, 5.41) is 10.5. The van der Waals surface area contributed by atoms with Gasteiger partial charge in [0.2, 0.25) is 0 Å². The van der Waals surface area contributed by atoms with Gasteiger partial charge in [-0.1, -0.05) is 32.0 Å². The Hall–Kier alpha value is -3.02. The molecule has 0 fully saturated rings. The molecule has 1 aliphatic heterocycles. The third-order valence-electron chi connectivity index (χ3n) is 4.46. The lowest BCUT2D eigenvalue weighted by Gasteiger charge is -2.27. The van der Waals surface area contributed by atoms with Crippen molar-refractivity contribution in [1.82, 2.24) is 9.88 Å². The maximum atomic E-state index is 13.4. The van der Waals surface area contributed by atoms with Gasteiger partial charge >= 0.3 is 0 Å². The molecule has 0 saturated heterocycles. The number of halogens is 1. The van der Waals surface area contributed by atoms with Crippen LogP contribution in [0.4, 0.5) is 4.39 Å². The first-order valence-corrected chi connectivity index (χ1v) is 8.80. The molecule has 2 heterocycles. The number of amides is 1. The maximum Gasteiger partial charge on any atom is 0.290 e. The minimum absolute atomic E-state index is 0.0733.